The van der Waals surface area contributed by atoms with Crippen LogP contribution in [-0.4, -0.2) is 20.7 Å². The summed E-state index contributed by atoms with van der Waals surface area (Å²) in [6.07, 6.45) is -0.918. The van der Waals surface area contributed by atoms with Crippen LogP contribution >= 0.6 is 0 Å². The fraction of sp³-hybridized carbons (Fsp3) is 0.235. The maximum absolute atomic E-state index is 12.2. The molecule has 6 nitrogen and oxygen atoms in total. The summed E-state index contributed by atoms with van der Waals surface area (Å²) in [5.41, 5.74) is 6.71. The number of aromatic nitrogens is 3. The Morgan fingerprint density at radius 3 is 2.73 bits per heavy atom. The van der Waals surface area contributed by atoms with E-state index in [1.54, 1.807) is 18.2 Å². The first-order chi connectivity index (χ1) is 12.3. The predicted octanol–water partition coefficient (Wildman–Crippen LogP) is 3.49. The van der Waals surface area contributed by atoms with Crippen molar-refractivity contribution in [3.05, 3.63) is 53.3 Å². The quantitative estimate of drug-likeness (QED) is 0.749. The van der Waals surface area contributed by atoms with Gasteiger partial charge in [0.25, 0.3) is 5.56 Å². The third kappa shape index (κ3) is 4.11. The van der Waals surface area contributed by atoms with Crippen LogP contribution in [0.4, 0.5) is 19.1 Å². The lowest BCUT2D eigenvalue weighted by Crippen LogP contribution is -2.20. The minimum Gasteiger partial charge on any atom is -0.463 e. The molecule has 3 heterocycles. The number of anilines is 1. The number of rotatable bonds is 5. The first kappa shape index (κ1) is 17.7. The predicted molar refractivity (Wildman–Crippen MR) is 89.1 cm³/mol. The summed E-state index contributed by atoms with van der Waals surface area (Å²) in [7, 11) is 0. The molecule has 0 radical (unpaired) electrons. The molecular weight excluding hydrogens is 349 g/mol. The van der Waals surface area contributed by atoms with Crippen molar-refractivity contribution >= 4 is 5.95 Å². The molecule has 26 heavy (non-hydrogen) atoms. The van der Waals surface area contributed by atoms with Crippen molar-refractivity contribution in [3.8, 4) is 22.6 Å². The number of furan rings is 1. The molecule has 0 saturated carbocycles. The summed E-state index contributed by atoms with van der Waals surface area (Å²) in [4.78, 5) is 20.3. The van der Waals surface area contributed by atoms with Gasteiger partial charge in [0.2, 0.25) is 5.95 Å². The first-order valence-electron chi connectivity index (χ1n) is 7.77. The summed E-state index contributed by atoms with van der Waals surface area (Å²) in [6.45, 7) is -0.0120. The van der Waals surface area contributed by atoms with Gasteiger partial charge >= 0.3 is 6.18 Å². The van der Waals surface area contributed by atoms with Gasteiger partial charge in [-0.05, 0) is 30.2 Å². The van der Waals surface area contributed by atoms with Gasteiger partial charge in [0.05, 0.1) is 6.26 Å². The molecule has 0 atom stereocenters. The molecule has 136 valence electrons. The number of hydrogen-bond donors (Lipinski definition) is 1. The highest BCUT2D eigenvalue weighted by atomic mass is 19.4. The topological polar surface area (TPSA) is 86.9 Å². The van der Waals surface area contributed by atoms with Crippen molar-refractivity contribution in [3.63, 3.8) is 0 Å². The lowest BCUT2D eigenvalue weighted by Gasteiger charge is -2.10. The van der Waals surface area contributed by atoms with E-state index in [0.29, 0.717) is 22.6 Å². The number of aryl methyl sites for hydroxylation is 1. The smallest absolute Gasteiger partial charge is 0.389 e. The number of halogens is 3. The number of nitrogens with two attached hydrogens (primary N) is 1. The Kier molecular flexibility index (Phi) is 4.79. The van der Waals surface area contributed by atoms with Crippen LogP contribution in [0.25, 0.3) is 22.6 Å². The van der Waals surface area contributed by atoms with Crippen LogP contribution in [0.3, 0.4) is 0 Å². The molecule has 3 rings (SSSR count). The molecule has 0 unspecified atom stereocenters. The van der Waals surface area contributed by atoms with E-state index in [1.807, 2.05) is 0 Å². The van der Waals surface area contributed by atoms with E-state index in [4.69, 9.17) is 10.2 Å². The van der Waals surface area contributed by atoms with E-state index in [-0.39, 0.29) is 18.9 Å². The highest BCUT2D eigenvalue weighted by Gasteiger charge is 2.26. The SMILES string of the molecule is Nc1ncc(-c2ccn(CCCC(F)(F)F)c(=O)c2)c(-c2ccco2)n1. The summed E-state index contributed by atoms with van der Waals surface area (Å²) >= 11 is 0. The second-order valence-electron chi connectivity index (χ2n) is 5.63. The van der Waals surface area contributed by atoms with Crippen LogP contribution < -0.4 is 11.3 Å². The highest BCUT2D eigenvalue weighted by molar-refractivity contribution is 5.78. The second kappa shape index (κ2) is 7.03. The Morgan fingerprint density at radius 2 is 2.08 bits per heavy atom. The van der Waals surface area contributed by atoms with Crippen LogP contribution in [0.1, 0.15) is 12.8 Å². The molecule has 0 aliphatic heterocycles. The van der Waals surface area contributed by atoms with Crippen LogP contribution in [0, 0.1) is 0 Å². The Labute approximate surface area is 146 Å². The fourth-order valence-corrected chi connectivity index (χ4v) is 2.52. The summed E-state index contributed by atoms with van der Waals surface area (Å²) in [6, 6.07) is 6.34. The zero-order valence-electron chi connectivity index (χ0n) is 13.5. The average molecular weight is 364 g/mol. The van der Waals surface area contributed by atoms with Gasteiger partial charge in [0.15, 0.2) is 5.76 Å². The molecule has 0 fully saturated rings. The molecule has 0 aliphatic carbocycles. The van der Waals surface area contributed by atoms with Gasteiger partial charge in [-0.2, -0.15) is 13.2 Å². The first-order valence-corrected chi connectivity index (χ1v) is 7.77. The highest BCUT2D eigenvalue weighted by Crippen LogP contribution is 2.30. The van der Waals surface area contributed by atoms with E-state index in [9.17, 15) is 18.0 Å². The number of nitrogens with zero attached hydrogens (tertiary/aromatic N) is 3. The molecule has 3 aromatic heterocycles. The van der Waals surface area contributed by atoms with Gasteiger partial charge in [0, 0.05) is 37.0 Å². The zero-order chi connectivity index (χ0) is 18.7. The Hall–Kier alpha value is -3.10. The van der Waals surface area contributed by atoms with Crippen molar-refractivity contribution in [2.45, 2.75) is 25.6 Å². The fourth-order valence-electron chi connectivity index (χ4n) is 2.52. The van der Waals surface area contributed by atoms with Gasteiger partial charge in [-0.25, -0.2) is 9.97 Å². The molecule has 9 heteroatoms. The van der Waals surface area contributed by atoms with Gasteiger partial charge in [0.1, 0.15) is 5.69 Å². The van der Waals surface area contributed by atoms with Gasteiger partial charge in [-0.3, -0.25) is 4.79 Å². The van der Waals surface area contributed by atoms with Crippen molar-refractivity contribution in [2.75, 3.05) is 5.73 Å². The van der Waals surface area contributed by atoms with E-state index in [2.05, 4.69) is 9.97 Å². The maximum atomic E-state index is 12.2. The molecule has 0 aromatic carbocycles. The second-order valence-corrected chi connectivity index (χ2v) is 5.63. The molecule has 0 saturated heterocycles. The maximum Gasteiger partial charge on any atom is 0.389 e. The number of alkyl halides is 3. The van der Waals surface area contributed by atoms with Gasteiger partial charge in [-0.15, -0.1) is 0 Å². The zero-order valence-corrected chi connectivity index (χ0v) is 13.5. The third-order valence-corrected chi connectivity index (χ3v) is 3.73. The van der Waals surface area contributed by atoms with E-state index < -0.39 is 18.2 Å². The van der Waals surface area contributed by atoms with Crippen molar-refractivity contribution in [2.24, 2.45) is 0 Å². The molecule has 3 aromatic rings. The van der Waals surface area contributed by atoms with Crippen LogP contribution in [0.2, 0.25) is 0 Å². The van der Waals surface area contributed by atoms with E-state index >= 15 is 0 Å². The minimum absolute atomic E-state index is 0.0120. The number of pyridine rings is 1. The molecular formula is C17H15F3N4O2. The molecule has 0 bridgehead atoms. The van der Waals surface area contributed by atoms with Gasteiger partial charge in [-0.1, -0.05) is 0 Å². The third-order valence-electron chi connectivity index (χ3n) is 3.73. The van der Waals surface area contributed by atoms with Crippen molar-refractivity contribution in [1.82, 2.24) is 14.5 Å². The van der Waals surface area contributed by atoms with Crippen LogP contribution in [0.5, 0.6) is 0 Å². The Morgan fingerprint density at radius 1 is 1.27 bits per heavy atom. The molecule has 0 amide bonds. The normalized spacial score (nSPS) is 11.7. The Balaban J connectivity index is 1.90. The monoisotopic (exact) mass is 364 g/mol. The van der Waals surface area contributed by atoms with E-state index in [1.165, 1.54) is 29.3 Å². The number of hydrogen-bond acceptors (Lipinski definition) is 5. The van der Waals surface area contributed by atoms with Crippen LogP contribution in [0.15, 0.2) is 52.1 Å². The minimum atomic E-state index is -4.23. The molecule has 0 spiro atoms. The Bertz CT molecular complexity index is 949. The van der Waals surface area contributed by atoms with Crippen molar-refractivity contribution < 1.29 is 17.6 Å². The van der Waals surface area contributed by atoms with Crippen LogP contribution in [-0.2, 0) is 6.54 Å². The average Bonchev–Trinajstić information content (AvgIpc) is 3.09. The van der Waals surface area contributed by atoms with Crippen molar-refractivity contribution in [1.29, 1.82) is 0 Å². The molecule has 0 aliphatic rings. The lowest BCUT2D eigenvalue weighted by molar-refractivity contribution is -0.135. The number of nitrogen functional groups attached to an aromatic ring is 1. The summed E-state index contributed by atoms with van der Waals surface area (Å²) in [5.74, 6) is 0.518. The summed E-state index contributed by atoms with van der Waals surface area (Å²) in [5, 5.41) is 0. The van der Waals surface area contributed by atoms with Gasteiger partial charge < -0.3 is 14.7 Å². The molecule has 2 N–H and O–H groups in total. The lowest BCUT2D eigenvalue weighted by atomic mass is 10.1. The standard InChI is InChI=1S/C17H15F3N4O2/c18-17(19,20)5-2-6-24-7-4-11(9-14(24)25)12-10-22-16(21)23-15(12)13-3-1-8-26-13/h1,3-4,7-10H,2,5-6H2,(H2,21,22,23). The van der Waals surface area contributed by atoms with E-state index in [0.717, 1.165) is 0 Å². The largest absolute Gasteiger partial charge is 0.463 e. The summed E-state index contributed by atoms with van der Waals surface area (Å²) < 4.78 is 43.3.